The Labute approximate surface area is 148 Å². The van der Waals surface area contributed by atoms with Gasteiger partial charge >= 0.3 is 6.18 Å². The zero-order valence-corrected chi connectivity index (χ0v) is 14.1. The van der Waals surface area contributed by atoms with Gasteiger partial charge in [0, 0.05) is 24.0 Å². The maximum Gasteiger partial charge on any atom is 0.416 e. The van der Waals surface area contributed by atoms with Crippen LogP contribution in [-0.2, 0) is 6.18 Å². The summed E-state index contributed by atoms with van der Waals surface area (Å²) in [5.74, 6) is -1.04. The van der Waals surface area contributed by atoms with Gasteiger partial charge in [0.05, 0.1) is 5.56 Å². The Bertz CT molecular complexity index is 791. The minimum absolute atomic E-state index is 0.00980. The van der Waals surface area contributed by atoms with E-state index in [9.17, 15) is 22.8 Å². The van der Waals surface area contributed by atoms with Gasteiger partial charge in [-0.25, -0.2) is 0 Å². The summed E-state index contributed by atoms with van der Waals surface area (Å²) in [7, 11) is 0. The van der Waals surface area contributed by atoms with Crippen LogP contribution in [0.25, 0.3) is 0 Å². The molecule has 0 radical (unpaired) electrons. The van der Waals surface area contributed by atoms with E-state index >= 15 is 0 Å². The van der Waals surface area contributed by atoms with Crippen molar-refractivity contribution in [2.45, 2.75) is 25.9 Å². The van der Waals surface area contributed by atoms with Crippen molar-refractivity contribution in [3.8, 4) is 0 Å². The molecule has 0 bridgehead atoms. The van der Waals surface area contributed by atoms with Crippen molar-refractivity contribution in [1.82, 2.24) is 10.3 Å². The number of hydrogen-bond donors (Lipinski definition) is 2. The summed E-state index contributed by atoms with van der Waals surface area (Å²) in [6.45, 7) is 2.49. The molecule has 0 aliphatic heterocycles. The smallest absolute Gasteiger partial charge is 0.351 e. The summed E-state index contributed by atoms with van der Waals surface area (Å²) in [6, 6.07) is 7.00. The third-order valence-corrected chi connectivity index (χ3v) is 3.52. The molecule has 0 saturated carbocycles. The molecule has 0 saturated heterocycles. The van der Waals surface area contributed by atoms with Gasteiger partial charge in [0.25, 0.3) is 11.8 Å². The van der Waals surface area contributed by atoms with E-state index in [0.29, 0.717) is 6.54 Å². The van der Waals surface area contributed by atoms with Crippen LogP contribution in [0.5, 0.6) is 0 Å². The van der Waals surface area contributed by atoms with E-state index in [1.165, 1.54) is 30.5 Å². The number of carbonyl (C=O) groups excluding carboxylic acids is 2. The zero-order chi connectivity index (χ0) is 19.2. The number of halogens is 3. The zero-order valence-electron chi connectivity index (χ0n) is 14.1. The van der Waals surface area contributed by atoms with Crippen LogP contribution in [0.4, 0.5) is 18.9 Å². The Hall–Kier alpha value is -2.90. The summed E-state index contributed by atoms with van der Waals surface area (Å²) in [5.41, 5.74) is -0.660. The first kappa shape index (κ1) is 19.4. The van der Waals surface area contributed by atoms with Crippen LogP contribution >= 0.6 is 0 Å². The van der Waals surface area contributed by atoms with E-state index in [-0.39, 0.29) is 16.9 Å². The molecular formula is C18H18F3N3O2. The predicted octanol–water partition coefficient (Wildman–Crippen LogP) is 3.88. The van der Waals surface area contributed by atoms with Gasteiger partial charge in [0.15, 0.2) is 0 Å². The fourth-order valence-electron chi connectivity index (χ4n) is 2.14. The molecule has 8 heteroatoms. The summed E-state index contributed by atoms with van der Waals surface area (Å²) in [5, 5.41) is 5.07. The fraction of sp³-hybridized carbons (Fsp3) is 0.278. The van der Waals surface area contributed by atoms with Crippen molar-refractivity contribution in [2.75, 3.05) is 11.9 Å². The van der Waals surface area contributed by atoms with E-state index < -0.39 is 23.6 Å². The molecule has 0 fully saturated rings. The van der Waals surface area contributed by atoms with E-state index in [0.717, 1.165) is 25.0 Å². The largest absolute Gasteiger partial charge is 0.416 e. The normalized spacial score (nSPS) is 11.1. The summed E-state index contributed by atoms with van der Waals surface area (Å²) in [4.78, 5) is 28.1. The number of unbranched alkanes of at least 4 members (excludes halogenated alkanes) is 1. The molecule has 5 nitrogen and oxygen atoms in total. The van der Waals surface area contributed by atoms with E-state index in [2.05, 4.69) is 15.6 Å². The van der Waals surface area contributed by atoms with Gasteiger partial charge < -0.3 is 10.6 Å². The van der Waals surface area contributed by atoms with Gasteiger partial charge in [-0.3, -0.25) is 14.6 Å². The average molecular weight is 365 g/mol. The lowest BCUT2D eigenvalue weighted by atomic mass is 10.1. The summed E-state index contributed by atoms with van der Waals surface area (Å²) in [6.07, 6.45) is -1.45. The highest BCUT2D eigenvalue weighted by molar-refractivity contribution is 6.05. The van der Waals surface area contributed by atoms with Crippen LogP contribution in [0, 0.1) is 0 Å². The summed E-state index contributed by atoms with van der Waals surface area (Å²) >= 11 is 0. The lowest BCUT2D eigenvalue weighted by Crippen LogP contribution is -2.25. The number of pyridine rings is 1. The first-order valence-corrected chi connectivity index (χ1v) is 8.04. The third kappa shape index (κ3) is 5.30. The second-order valence-electron chi connectivity index (χ2n) is 5.57. The van der Waals surface area contributed by atoms with Crippen molar-refractivity contribution in [3.63, 3.8) is 0 Å². The van der Waals surface area contributed by atoms with Crippen molar-refractivity contribution in [3.05, 3.63) is 59.4 Å². The molecule has 1 heterocycles. The molecule has 138 valence electrons. The minimum Gasteiger partial charge on any atom is -0.351 e. The second-order valence-corrected chi connectivity index (χ2v) is 5.57. The van der Waals surface area contributed by atoms with Gasteiger partial charge in [0.1, 0.15) is 5.69 Å². The highest BCUT2D eigenvalue weighted by Crippen LogP contribution is 2.30. The van der Waals surface area contributed by atoms with Gasteiger partial charge in [-0.05, 0) is 36.8 Å². The minimum atomic E-state index is -4.50. The molecule has 2 N–H and O–H groups in total. The van der Waals surface area contributed by atoms with Crippen LogP contribution < -0.4 is 10.6 Å². The number of benzene rings is 1. The number of anilines is 1. The quantitative estimate of drug-likeness (QED) is 0.763. The lowest BCUT2D eigenvalue weighted by Gasteiger charge is -2.10. The highest BCUT2D eigenvalue weighted by Gasteiger charge is 2.30. The molecule has 2 rings (SSSR count). The van der Waals surface area contributed by atoms with Crippen LogP contribution in [0.1, 0.15) is 46.2 Å². The first-order valence-electron chi connectivity index (χ1n) is 8.04. The van der Waals surface area contributed by atoms with E-state index in [1.54, 1.807) is 0 Å². The van der Waals surface area contributed by atoms with Crippen molar-refractivity contribution < 1.29 is 22.8 Å². The maximum absolute atomic E-state index is 12.7. The van der Waals surface area contributed by atoms with Crippen molar-refractivity contribution in [1.29, 1.82) is 0 Å². The molecule has 0 aliphatic rings. The number of alkyl halides is 3. The van der Waals surface area contributed by atoms with Crippen LogP contribution in [-0.4, -0.2) is 23.3 Å². The van der Waals surface area contributed by atoms with Crippen molar-refractivity contribution >= 4 is 17.5 Å². The molecular weight excluding hydrogens is 347 g/mol. The van der Waals surface area contributed by atoms with Crippen molar-refractivity contribution in [2.24, 2.45) is 0 Å². The molecule has 2 amide bonds. The third-order valence-electron chi connectivity index (χ3n) is 3.52. The second kappa shape index (κ2) is 8.46. The van der Waals surface area contributed by atoms with Crippen LogP contribution in [0.3, 0.4) is 0 Å². The standard InChI is InChI=1S/C18H18F3N3O2/c1-2-3-8-23-17(26)15-10-12(7-9-22-15)16(25)24-14-6-4-5-13(11-14)18(19,20)21/h4-7,9-11H,2-3,8H2,1H3,(H,23,26)(H,24,25). The van der Waals surface area contributed by atoms with E-state index in [1.807, 2.05) is 6.92 Å². The Morgan fingerprint density at radius 2 is 1.88 bits per heavy atom. The van der Waals surface area contributed by atoms with Gasteiger partial charge in [0.2, 0.25) is 0 Å². The number of nitrogens with zero attached hydrogens (tertiary/aromatic N) is 1. The summed E-state index contributed by atoms with van der Waals surface area (Å²) < 4.78 is 38.2. The van der Waals surface area contributed by atoms with Crippen LogP contribution in [0.2, 0.25) is 0 Å². The molecule has 2 aromatic rings. The number of rotatable bonds is 6. The topological polar surface area (TPSA) is 71.1 Å². The fourth-order valence-corrected chi connectivity index (χ4v) is 2.14. The molecule has 1 aromatic carbocycles. The average Bonchev–Trinajstić information content (AvgIpc) is 2.61. The molecule has 1 aromatic heterocycles. The Balaban J connectivity index is 2.11. The number of aromatic nitrogens is 1. The van der Waals surface area contributed by atoms with Crippen LogP contribution in [0.15, 0.2) is 42.6 Å². The van der Waals surface area contributed by atoms with Gasteiger partial charge in [-0.1, -0.05) is 19.4 Å². The Kier molecular flexibility index (Phi) is 6.32. The number of hydrogen-bond acceptors (Lipinski definition) is 3. The monoisotopic (exact) mass is 365 g/mol. The predicted molar refractivity (Wildman–Crippen MR) is 90.9 cm³/mol. The Morgan fingerprint density at radius 1 is 1.12 bits per heavy atom. The Morgan fingerprint density at radius 3 is 2.58 bits per heavy atom. The first-order chi connectivity index (χ1) is 12.3. The number of carbonyl (C=O) groups is 2. The molecule has 26 heavy (non-hydrogen) atoms. The maximum atomic E-state index is 12.7. The lowest BCUT2D eigenvalue weighted by molar-refractivity contribution is -0.137. The molecule has 0 unspecified atom stereocenters. The van der Waals surface area contributed by atoms with E-state index in [4.69, 9.17) is 0 Å². The molecule has 0 atom stereocenters. The highest BCUT2D eigenvalue weighted by atomic mass is 19.4. The number of amides is 2. The van der Waals surface area contributed by atoms with Gasteiger partial charge in [-0.2, -0.15) is 13.2 Å². The number of nitrogens with one attached hydrogen (secondary N) is 2. The molecule has 0 spiro atoms. The molecule has 0 aliphatic carbocycles. The van der Waals surface area contributed by atoms with Gasteiger partial charge in [-0.15, -0.1) is 0 Å². The SMILES string of the molecule is CCCCNC(=O)c1cc(C(=O)Nc2cccc(C(F)(F)F)c2)ccn1.